The first-order valence-corrected chi connectivity index (χ1v) is 13.8. The number of ether oxygens (including phenoxy) is 3. The van der Waals surface area contributed by atoms with Crippen molar-refractivity contribution >= 4 is 29.3 Å². The number of carbonyl (C=O) groups is 1. The molecule has 2 fully saturated rings. The zero-order chi connectivity index (χ0) is 27.5. The van der Waals surface area contributed by atoms with Crippen molar-refractivity contribution in [2.45, 2.75) is 83.4 Å². The molecule has 38 heavy (non-hydrogen) atoms. The van der Waals surface area contributed by atoms with E-state index >= 15 is 0 Å². The zero-order valence-electron chi connectivity index (χ0n) is 22.3. The number of guanidine groups is 1. The number of unbranched alkanes of at least 4 members (excludes halogenated alkanes) is 1. The van der Waals surface area contributed by atoms with E-state index in [1.165, 1.54) is 12.8 Å². The molecule has 0 spiro atoms. The number of amides is 1. The number of nitrogens with two attached hydrogens (primary N) is 1. The van der Waals surface area contributed by atoms with Crippen LogP contribution in [0.5, 0.6) is 0 Å². The lowest BCUT2D eigenvalue weighted by Gasteiger charge is -2.32. The quantitative estimate of drug-likeness (QED) is 0.126. The van der Waals surface area contributed by atoms with Crippen LogP contribution in [-0.4, -0.2) is 84.4 Å². The Bertz CT molecular complexity index is 916. The maximum Gasteiger partial charge on any atom is 0.280 e. The van der Waals surface area contributed by atoms with Gasteiger partial charge in [-0.1, -0.05) is 24.4 Å². The second-order valence-corrected chi connectivity index (χ2v) is 10.3. The third-order valence-electron chi connectivity index (χ3n) is 6.90. The van der Waals surface area contributed by atoms with Crippen molar-refractivity contribution in [2.24, 2.45) is 5.92 Å². The van der Waals surface area contributed by atoms with E-state index in [-0.39, 0.29) is 35.0 Å². The van der Waals surface area contributed by atoms with E-state index in [1.54, 1.807) is 6.92 Å². The lowest BCUT2D eigenvalue weighted by atomic mass is 9.84. The minimum Gasteiger partial charge on any atom is -0.388 e. The molecule has 2 aliphatic rings. The van der Waals surface area contributed by atoms with Crippen LogP contribution < -0.4 is 21.7 Å². The van der Waals surface area contributed by atoms with E-state index in [9.17, 15) is 9.90 Å². The van der Waals surface area contributed by atoms with E-state index in [1.807, 2.05) is 6.92 Å². The fourth-order valence-corrected chi connectivity index (χ4v) is 4.83. The van der Waals surface area contributed by atoms with E-state index < -0.39 is 12.0 Å². The highest BCUT2D eigenvalue weighted by molar-refractivity contribution is 6.30. The van der Waals surface area contributed by atoms with Gasteiger partial charge in [-0.3, -0.25) is 15.5 Å². The fourth-order valence-electron chi connectivity index (χ4n) is 4.70. The van der Waals surface area contributed by atoms with Gasteiger partial charge in [0.05, 0.1) is 25.0 Å². The molecule has 1 aromatic heterocycles. The van der Waals surface area contributed by atoms with E-state index in [0.29, 0.717) is 44.0 Å². The summed E-state index contributed by atoms with van der Waals surface area (Å²) in [6.07, 6.45) is 6.78. The SMILES string of the molecule is Cc1nc(N)c(C(=O)NC(=N)NCCCCC2CCC(OCCNC[C@@H]3O[C@H](C)OC[C@H]3O)CC2)nc1Cl. The second kappa shape index (κ2) is 15.5. The molecular weight excluding hydrogens is 514 g/mol. The van der Waals surface area contributed by atoms with Crippen molar-refractivity contribution in [3.05, 3.63) is 16.5 Å². The molecule has 0 radical (unpaired) electrons. The van der Waals surface area contributed by atoms with Gasteiger partial charge in [-0.15, -0.1) is 0 Å². The minimum atomic E-state index is -0.620. The van der Waals surface area contributed by atoms with Gasteiger partial charge in [0.15, 0.2) is 28.9 Å². The Morgan fingerprint density at radius 3 is 2.76 bits per heavy atom. The summed E-state index contributed by atoms with van der Waals surface area (Å²) >= 11 is 5.92. The second-order valence-electron chi connectivity index (χ2n) is 9.95. The molecule has 1 aromatic rings. The molecule has 0 aromatic carbocycles. The Morgan fingerprint density at radius 2 is 2.00 bits per heavy atom. The Labute approximate surface area is 229 Å². The Morgan fingerprint density at radius 1 is 1.24 bits per heavy atom. The number of aliphatic hydroxyl groups is 1. The van der Waals surface area contributed by atoms with Crippen LogP contribution in [0.4, 0.5) is 5.82 Å². The number of nitrogens with one attached hydrogen (secondary N) is 4. The Hall–Kier alpha value is -2.09. The molecule has 1 saturated carbocycles. The van der Waals surface area contributed by atoms with Crippen LogP contribution >= 0.6 is 11.6 Å². The third-order valence-corrected chi connectivity index (χ3v) is 7.26. The number of anilines is 1. The summed E-state index contributed by atoms with van der Waals surface area (Å²) in [6.45, 7) is 6.34. The minimum absolute atomic E-state index is 0.0231. The van der Waals surface area contributed by atoms with Crippen molar-refractivity contribution in [3.8, 4) is 0 Å². The molecule has 3 rings (SSSR count). The molecule has 12 nitrogen and oxygen atoms in total. The van der Waals surface area contributed by atoms with Crippen LogP contribution in [0, 0.1) is 18.3 Å². The van der Waals surface area contributed by atoms with Gasteiger partial charge in [0, 0.05) is 19.6 Å². The number of aryl methyl sites for hydroxylation is 1. The standard InChI is InChI=1S/C25H42ClN7O5/c1-15-22(26)32-21(23(27)31-15)24(35)33-25(28)30-10-4-3-5-17-6-8-18(9-7-17)36-12-11-29-13-20-19(34)14-37-16(2)38-20/h16-20,29,34H,3-14H2,1-2H3,(H2,27,31)(H3,28,30,33,35)/t16-,17?,18?,19-,20+/m1/s1. The Kier molecular flexibility index (Phi) is 12.4. The van der Waals surface area contributed by atoms with Gasteiger partial charge in [-0.05, 0) is 51.9 Å². The highest BCUT2D eigenvalue weighted by atomic mass is 35.5. The van der Waals surface area contributed by atoms with Crippen LogP contribution in [0.1, 0.15) is 68.1 Å². The van der Waals surface area contributed by atoms with Crippen LogP contribution in [-0.2, 0) is 14.2 Å². The molecule has 3 atom stereocenters. The van der Waals surface area contributed by atoms with Crippen LogP contribution in [0.2, 0.25) is 5.15 Å². The summed E-state index contributed by atoms with van der Waals surface area (Å²) in [5.74, 6) is -0.0452. The number of nitrogens with zero attached hydrogens (tertiary/aromatic N) is 2. The van der Waals surface area contributed by atoms with Gasteiger partial charge in [-0.25, -0.2) is 9.97 Å². The summed E-state index contributed by atoms with van der Waals surface area (Å²) in [7, 11) is 0. The fraction of sp³-hybridized carbons (Fsp3) is 0.760. The topological polar surface area (TPSA) is 177 Å². The summed E-state index contributed by atoms with van der Waals surface area (Å²) in [5, 5.41) is 26.6. The van der Waals surface area contributed by atoms with Crippen molar-refractivity contribution in [1.29, 1.82) is 5.41 Å². The molecular formula is C25H42ClN7O5. The summed E-state index contributed by atoms with van der Waals surface area (Å²) < 4.78 is 16.9. The predicted molar refractivity (Wildman–Crippen MR) is 144 cm³/mol. The molecule has 0 unspecified atom stereocenters. The van der Waals surface area contributed by atoms with E-state index in [4.69, 9.17) is 37.0 Å². The lowest BCUT2D eigenvalue weighted by molar-refractivity contribution is -0.242. The number of rotatable bonds is 12. The first-order chi connectivity index (χ1) is 18.2. The maximum atomic E-state index is 12.3. The van der Waals surface area contributed by atoms with Gasteiger partial charge in [0.25, 0.3) is 5.91 Å². The maximum absolute atomic E-state index is 12.3. The number of hydrogen-bond acceptors (Lipinski definition) is 10. The zero-order valence-corrected chi connectivity index (χ0v) is 23.1. The van der Waals surface area contributed by atoms with Crippen molar-refractivity contribution in [1.82, 2.24) is 25.9 Å². The summed E-state index contributed by atoms with van der Waals surface area (Å²) in [6, 6.07) is 0. The number of carbonyl (C=O) groups excluding carboxylic acids is 1. The van der Waals surface area contributed by atoms with Crippen LogP contribution in [0.3, 0.4) is 0 Å². The van der Waals surface area contributed by atoms with Crippen molar-refractivity contribution in [2.75, 3.05) is 38.6 Å². The summed E-state index contributed by atoms with van der Waals surface area (Å²) in [4.78, 5) is 20.2. The molecule has 0 bridgehead atoms. The number of halogens is 1. The van der Waals surface area contributed by atoms with Gasteiger partial charge in [0.2, 0.25) is 0 Å². The normalized spacial score (nSPS) is 25.6. The number of hydrogen-bond donors (Lipinski definition) is 6. The third kappa shape index (κ3) is 9.90. The molecule has 1 aliphatic heterocycles. The molecule has 1 saturated heterocycles. The number of nitrogen functional groups attached to an aromatic ring is 1. The molecule has 1 amide bonds. The van der Waals surface area contributed by atoms with Crippen LogP contribution in [0.25, 0.3) is 0 Å². The monoisotopic (exact) mass is 555 g/mol. The van der Waals surface area contributed by atoms with Crippen molar-refractivity contribution < 1.29 is 24.1 Å². The average Bonchev–Trinajstić information content (AvgIpc) is 2.88. The molecule has 214 valence electrons. The highest BCUT2D eigenvalue weighted by Gasteiger charge is 2.28. The largest absolute Gasteiger partial charge is 0.388 e. The predicted octanol–water partition coefficient (Wildman–Crippen LogP) is 1.73. The average molecular weight is 556 g/mol. The molecule has 1 aliphatic carbocycles. The Balaban J connectivity index is 1.18. The van der Waals surface area contributed by atoms with E-state index in [0.717, 1.165) is 38.6 Å². The van der Waals surface area contributed by atoms with Gasteiger partial charge in [0.1, 0.15) is 12.2 Å². The van der Waals surface area contributed by atoms with Gasteiger partial charge in [-0.2, -0.15) is 0 Å². The summed E-state index contributed by atoms with van der Waals surface area (Å²) in [5.41, 5.74) is 6.09. The molecule has 7 N–H and O–H groups in total. The number of aromatic nitrogens is 2. The lowest BCUT2D eigenvalue weighted by Crippen LogP contribution is -2.48. The molecule has 13 heteroatoms. The number of aliphatic hydroxyl groups excluding tert-OH is 1. The first-order valence-electron chi connectivity index (χ1n) is 13.4. The highest BCUT2D eigenvalue weighted by Crippen LogP contribution is 2.29. The molecule has 2 heterocycles. The van der Waals surface area contributed by atoms with Crippen molar-refractivity contribution in [3.63, 3.8) is 0 Å². The van der Waals surface area contributed by atoms with Gasteiger partial charge >= 0.3 is 0 Å². The van der Waals surface area contributed by atoms with E-state index in [2.05, 4.69) is 25.9 Å². The smallest absolute Gasteiger partial charge is 0.280 e. The van der Waals surface area contributed by atoms with Gasteiger partial charge < -0.3 is 35.7 Å². The first kappa shape index (κ1) is 30.5. The van der Waals surface area contributed by atoms with Crippen LogP contribution in [0.15, 0.2) is 0 Å².